The Morgan fingerprint density at radius 3 is 2.41 bits per heavy atom. The summed E-state index contributed by atoms with van der Waals surface area (Å²) in [6.07, 6.45) is 5.13. The summed E-state index contributed by atoms with van der Waals surface area (Å²) in [5.41, 5.74) is 0.691. The standard InChI is InChI=1S/C20H28ClN3O2S/c21-17-5-3-16(4-6-17)19(26)22-10-7-18(25)23-15-20(8-1-2-9-20)24-11-13-27-14-12-24/h3-6H,1-2,7-15H2,(H,22,26)(H,23,25). The third-order valence-corrected chi connectivity index (χ3v) is 6.77. The van der Waals surface area contributed by atoms with Gasteiger partial charge >= 0.3 is 0 Å². The molecule has 0 radical (unpaired) electrons. The predicted octanol–water partition coefficient (Wildman–Crippen LogP) is 2.94. The quantitative estimate of drug-likeness (QED) is 0.726. The molecule has 0 atom stereocenters. The number of halogens is 1. The molecule has 2 N–H and O–H groups in total. The summed E-state index contributed by atoms with van der Waals surface area (Å²) in [6, 6.07) is 6.73. The Morgan fingerprint density at radius 2 is 1.74 bits per heavy atom. The lowest BCUT2D eigenvalue weighted by atomic mass is 9.94. The van der Waals surface area contributed by atoms with Gasteiger partial charge in [0.15, 0.2) is 0 Å². The van der Waals surface area contributed by atoms with E-state index in [4.69, 9.17) is 11.6 Å². The zero-order chi connectivity index (χ0) is 19.1. The van der Waals surface area contributed by atoms with Gasteiger partial charge in [-0.1, -0.05) is 24.4 Å². The van der Waals surface area contributed by atoms with E-state index in [0.717, 1.165) is 19.6 Å². The molecule has 0 spiro atoms. The number of carbonyl (C=O) groups excluding carboxylic acids is 2. The van der Waals surface area contributed by atoms with Crippen LogP contribution in [-0.2, 0) is 4.79 Å². The van der Waals surface area contributed by atoms with E-state index in [0.29, 0.717) is 23.6 Å². The highest BCUT2D eigenvalue weighted by Crippen LogP contribution is 2.36. The number of hydrogen-bond donors (Lipinski definition) is 2. The number of amides is 2. The molecule has 148 valence electrons. The van der Waals surface area contributed by atoms with Crippen LogP contribution in [0.3, 0.4) is 0 Å². The van der Waals surface area contributed by atoms with Gasteiger partial charge in [0.1, 0.15) is 0 Å². The fraction of sp³-hybridized carbons (Fsp3) is 0.600. The van der Waals surface area contributed by atoms with Gasteiger partial charge in [-0.3, -0.25) is 14.5 Å². The largest absolute Gasteiger partial charge is 0.354 e. The average molecular weight is 410 g/mol. The molecule has 1 saturated carbocycles. The summed E-state index contributed by atoms with van der Waals surface area (Å²) in [5, 5.41) is 6.52. The minimum Gasteiger partial charge on any atom is -0.354 e. The van der Waals surface area contributed by atoms with Crippen molar-refractivity contribution < 1.29 is 9.59 Å². The number of rotatable bonds is 7. The van der Waals surface area contributed by atoms with Crippen LogP contribution in [0.25, 0.3) is 0 Å². The number of hydrogen-bond acceptors (Lipinski definition) is 4. The second-order valence-corrected chi connectivity index (χ2v) is 8.98. The van der Waals surface area contributed by atoms with Gasteiger partial charge in [-0.2, -0.15) is 11.8 Å². The van der Waals surface area contributed by atoms with Gasteiger partial charge in [0.25, 0.3) is 5.91 Å². The smallest absolute Gasteiger partial charge is 0.251 e. The predicted molar refractivity (Wildman–Crippen MR) is 112 cm³/mol. The van der Waals surface area contributed by atoms with E-state index in [-0.39, 0.29) is 17.4 Å². The second kappa shape index (κ2) is 9.80. The number of thioether (sulfide) groups is 1. The molecule has 1 aliphatic carbocycles. The van der Waals surface area contributed by atoms with E-state index in [1.165, 1.54) is 37.2 Å². The lowest BCUT2D eigenvalue weighted by Crippen LogP contribution is -2.56. The van der Waals surface area contributed by atoms with E-state index in [2.05, 4.69) is 15.5 Å². The molecule has 7 heteroatoms. The van der Waals surface area contributed by atoms with Gasteiger partial charge in [-0.25, -0.2) is 0 Å². The Kier molecular flexibility index (Phi) is 7.44. The first-order chi connectivity index (χ1) is 13.1. The van der Waals surface area contributed by atoms with Crippen LogP contribution in [0, 0.1) is 0 Å². The van der Waals surface area contributed by atoms with Crippen LogP contribution in [0.5, 0.6) is 0 Å². The SMILES string of the molecule is O=C(CCNC(=O)c1ccc(Cl)cc1)NCC1(N2CCSCC2)CCCC1. The number of carbonyl (C=O) groups is 2. The van der Waals surface area contributed by atoms with Crippen LogP contribution in [0.4, 0.5) is 0 Å². The van der Waals surface area contributed by atoms with Crippen LogP contribution < -0.4 is 10.6 Å². The second-order valence-electron chi connectivity index (χ2n) is 7.32. The molecule has 3 rings (SSSR count). The fourth-order valence-electron chi connectivity index (χ4n) is 4.02. The first kappa shape index (κ1) is 20.5. The van der Waals surface area contributed by atoms with Crippen LogP contribution in [0.15, 0.2) is 24.3 Å². The van der Waals surface area contributed by atoms with Gasteiger partial charge in [-0.15, -0.1) is 0 Å². The summed E-state index contributed by atoms with van der Waals surface area (Å²) < 4.78 is 0. The Morgan fingerprint density at radius 1 is 1.07 bits per heavy atom. The molecular weight excluding hydrogens is 382 g/mol. The Labute approximate surface area is 170 Å². The van der Waals surface area contributed by atoms with Crippen molar-refractivity contribution in [1.29, 1.82) is 0 Å². The molecule has 2 fully saturated rings. The normalized spacial score (nSPS) is 19.6. The molecule has 1 saturated heterocycles. The number of nitrogens with one attached hydrogen (secondary N) is 2. The van der Waals surface area contributed by atoms with Crippen molar-refractivity contribution in [1.82, 2.24) is 15.5 Å². The zero-order valence-electron chi connectivity index (χ0n) is 15.6. The van der Waals surface area contributed by atoms with Crippen molar-refractivity contribution in [2.24, 2.45) is 0 Å². The third-order valence-electron chi connectivity index (χ3n) is 5.57. The van der Waals surface area contributed by atoms with Crippen LogP contribution in [-0.4, -0.2) is 59.9 Å². The highest BCUT2D eigenvalue weighted by Gasteiger charge is 2.40. The minimum atomic E-state index is -0.183. The highest BCUT2D eigenvalue weighted by atomic mass is 35.5. The molecule has 0 bridgehead atoms. The summed E-state index contributed by atoms with van der Waals surface area (Å²) in [5.74, 6) is 2.19. The van der Waals surface area contributed by atoms with Crippen molar-refractivity contribution in [3.8, 4) is 0 Å². The maximum Gasteiger partial charge on any atom is 0.251 e. The zero-order valence-corrected chi connectivity index (χ0v) is 17.2. The minimum absolute atomic E-state index is 0.00376. The van der Waals surface area contributed by atoms with Gasteiger partial charge < -0.3 is 10.6 Å². The number of nitrogens with zero attached hydrogens (tertiary/aromatic N) is 1. The van der Waals surface area contributed by atoms with E-state index in [1.807, 2.05) is 11.8 Å². The van der Waals surface area contributed by atoms with Crippen molar-refractivity contribution in [2.45, 2.75) is 37.6 Å². The molecule has 1 aromatic carbocycles. The average Bonchev–Trinajstić information content (AvgIpc) is 3.18. The van der Waals surface area contributed by atoms with Crippen molar-refractivity contribution in [3.63, 3.8) is 0 Å². The summed E-state index contributed by atoms with van der Waals surface area (Å²) >= 11 is 7.85. The lowest BCUT2D eigenvalue weighted by Gasteiger charge is -2.43. The maximum atomic E-state index is 12.3. The Bertz CT molecular complexity index is 641. The molecule has 2 aliphatic rings. The Hall–Kier alpha value is -1.24. The topological polar surface area (TPSA) is 61.4 Å². The highest BCUT2D eigenvalue weighted by molar-refractivity contribution is 7.99. The molecule has 0 unspecified atom stereocenters. The van der Waals surface area contributed by atoms with Crippen LogP contribution >= 0.6 is 23.4 Å². The van der Waals surface area contributed by atoms with Gasteiger partial charge in [-0.05, 0) is 37.1 Å². The van der Waals surface area contributed by atoms with Gasteiger partial charge in [0.2, 0.25) is 5.91 Å². The van der Waals surface area contributed by atoms with Crippen LogP contribution in [0.2, 0.25) is 5.02 Å². The molecular formula is C20H28ClN3O2S. The van der Waals surface area contributed by atoms with E-state index in [1.54, 1.807) is 24.3 Å². The maximum absolute atomic E-state index is 12.3. The number of benzene rings is 1. The van der Waals surface area contributed by atoms with Gasteiger partial charge in [0.05, 0.1) is 0 Å². The van der Waals surface area contributed by atoms with Crippen molar-refractivity contribution in [2.75, 3.05) is 37.7 Å². The molecule has 5 nitrogen and oxygen atoms in total. The summed E-state index contributed by atoms with van der Waals surface area (Å²) in [7, 11) is 0. The molecule has 0 aromatic heterocycles. The van der Waals surface area contributed by atoms with E-state index < -0.39 is 0 Å². The fourth-order valence-corrected chi connectivity index (χ4v) is 5.05. The molecule has 27 heavy (non-hydrogen) atoms. The summed E-state index contributed by atoms with van der Waals surface area (Å²) in [4.78, 5) is 26.9. The van der Waals surface area contributed by atoms with Crippen LogP contribution in [0.1, 0.15) is 42.5 Å². The monoisotopic (exact) mass is 409 g/mol. The first-order valence-electron chi connectivity index (χ1n) is 9.72. The summed E-state index contributed by atoms with van der Waals surface area (Å²) in [6.45, 7) is 3.30. The molecule has 1 heterocycles. The first-order valence-corrected chi connectivity index (χ1v) is 11.3. The van der Waals surface area contributed by atoms with Crippen molar-refractivity contribution in [3.05, 3.63) is 34.9 Å². The Balaban J connectivity index is 1.42. The van der Waals surface area contributed by atoms with E-state index in [9.17, 15) is 9.59 Å². The lowest BCUT2D eigenvalue weighted by molar-refractivity contribution is -0.121. The third kappa shape index (κ3) is 5.62. The molecule has 1 aliphatic heterocycles. The van der Waals surface area contributed by atoms with Crippen molar-refractivity contribution >= 4 is 35.2 Å². The molecule has 2 amide bonds. The van der Waals surface area contributed by atoms with E-state index >= 15 is 0 Å². The van der Waals surface area contributed by atoms with Gasteiger partial charge in [0, 0.05) is 60.2 Å². The molecule has 1 aromatic rings.